The summed E-state index contributed by atoms with van der Waals surface area (Å²) >= 11 is 0. The maximum Gasteiger partial charge on any atom is 0.244 e. The zero-order valence-electron chi connectivity index (χ0n) is 15.0. The van der Waals surface area contributed by atoms with E-state index in [0.29, 0.717) is 29.8 Å². The van der Waals surface area contributed by atoms with Gasteiger partial charge in [0.05, 0.1) is 26.1 Å². The molecule has 0 aliphatic heterocycles. The van der Waals surface area contributed by atoms with E-state index >= 15 is 0 Å². The first-order valence-corrected chi connectivity index (χ1v) is 8.16. The number of aromatic nitrogens is 3. The van der Waals surface area contributed by atoms with E-state index in [1.807, 2.05) is 18.2 Å². The molecule has 26 heavy (non-hydrogen) atoms. The molecule has 7 nitrogen and oxygen atoms in total. The van der Waals surface area contributed by atoms with Crippen LogP contribution in [-0.2, 0) is 6.54 Å². The van der Waals surface area contributed by atoms with Crippen molar-refractivity contribution in [3.05, 3.63) is 59.8 Å². The number of ether oxygens (including phenoxy) is 2. The Kier molecular flexibility index (Phi) is 5.48. The number of nitrogens with zero attached hydrogens (tertiary/aromatic N) is 3. The van der Waals surface area contributed by atoms with E-state index in [0.717, 1.165) is 11.3 Å². The van der Waals surface area contributed by atoms with Crippen LogP contribution in [0.3, 0.4) is 0 Å². The maximum atomic E-state index is 5.36. The molecule has 0 bridgehead atoms. The Morgan fingerprint density at radius 1 is 1.00 bits per heavy atom. The monoisotopic (exact) mass is 351 g/mol. The van der Waals surface area contributed by atoms with Gasteiger partial charge in [0.2, 0.25) is 5.95 Å². The fourth-order valence-electron chi connectivity index (χ4n) is 2.38. The van der Waals surface area contributed by atoms with Gasteiger partial charge in [-0.25, -0.2) is 0 Å². The van der Waals surface area contributed by atoms with E-state index in [1.54, 1.807) is 20.4 Å². The molecule has 3 rings (SSSR count). The highest BCUT2D eigenvalue weighted by Gasteiger charge is 2.08. The van der Waals surface area contributed by atoms with Crippen LogP contribution in [0, 0.1) is 6.92 Å². The molecule has 0 saturated carbocycles. The molecule has 0 radical (unpaired) electrons. The Hall–Kier alpha value is -3.35. The summed E-state index contributed by atoms with van der Waals surface area (Å²) in [5, 5.41) is 14.4. The van der Waals surface area contributed by atoms with Crippen LogP contribution in [0.15, 0.2) is 48.7 Å². The highest BCUT2D eigenvalue weighted by Crippen LogP contribution is 2.30. The molecule has 2 aromatic carbocycles. The van der Waals surface area contributed by atoms with Crippen molar-refractivity contribution < 1.29 is 9.47 Å². The number of rotatable bonds is 7. The molecule has 0 unspecified atom stereocenters. The Labute approximate surface area is 152 Å². The summed E-state index contributed by atoms with van der Waals surface area (Å²) in [4.78, 5) is 4.44. The summed E-state index contributed by atoms with van der Waals surface area (Å²) in [7, 11) is 3.23. The highest BCUT2D eigenvalue weighted by molar-refractivity contribution is 5.66. The fraction of sp³-hybridized carbons (Fsp3) is 0.211. The standard InChI is InChI=1S/C19H21N5O2/c1-13-4-6-14(7-5-13)11-20-19-23-18(12-21-24-19)22-16-10-15(25-2)8-9-17(16)26-3/h4-10,12H,11H2,1-3H3,(H2,20,22,23,24). The molecule has 0 saturated heterocycles. The molecule has 0 aliphatic carbocycles. The van der Waals surface area contributed by atoms with E-state index in [9.17, 15) is 0 Å². The van der Waals surface area contributed by atoms with Gasteiger partial charge in [-0.2, -0.15) is 10.1 Å². The lowest BCUT2D eigenvalue weighted by molar-refractivity contribution is 0.405. The smallest absolute Gasteiger partial charge is 0.244 e. The molecule has 7 heteroatoms. The van der Waals surface area contributed by atoms with Gasteiger partial charge in [-0.05, 0) is 24.6 Å². The quantitative estimate of drug-likeness (QED) is 0.673. The summed E-state index contributed by atoms with van der Waals surface area (Å²) in [6, 6.07) is 13.8. The molecular formula is C19H21N5O2. The number of nitrogens with one attached hydrogen (secondary N) is 2. The lowest BCUT2D eigenvalue weighted by Crippen LogP contribution is -2.06. The largest absolute Gasteiger partial charge is 0.497 e. The SMILES string of the molecule is COc1ccc(OC)c(Nc2cnnc(NCc3ccc(C)cc3)n2)c1. The first-order valence-electron chi connectivity index (χ1n) is 8.16. The molecule has 0 fully saturated rings. The molecule has 1 aromatic heterocycles. The van der Waals surface area contributed by atoms with Gasteiger partial charge >= 0.3 is 0 Å². The summed E-state index contributed by atoms with van der Waals surface area (Å²) in [5.41, 5.74) is 3.11. The topological polar surface area (TPSA) is 81.2 Å². The van der Waals surface area contributed by atoms with E-state index in [4.69, 9.17) is 9.47 Å². The Bertz CT molecular complexity index is 868. The second-order valence-electron chi connectivity index (χ2n) is 5.70. The van der Waals surface area contributed by atoms with Crippen LogP contribution < -0.4 is 20.1 Å². The molecule has 0 amide bonds. The van der Waals surface area contributed by atoms with Crippen molar-refractivity contribution in [2.24, 2.45) is 0 Å². The predicted molar refractivity (Wildman–Crippen MR) is 101 cm³/mol. The minimum absolute atomic E-state index is 0.442. The van der Waals surface area contributed by atoms with Gasteiger partial charge in [0.15, 0.2) is 5.82 Å². The molecule has 0 aliphatic rings. The highest BCUT2D eigenvalue weighted by atomic mass is 16.5. The number of anilines is 3. The van der Waals surface area contributed by atoms with Crippen LogP contribution in [0.2, 0.25) is 0 Å². The molecule has 1 heterocycles. The van der Waals surface area contributed by atoms with Gasteiger partial charge in [0, 0.05) is 12.6 Å². The normalized spacial score (nSPS) is 10.3. The number of methoxy groups -OCH3 is 2. The molecule has 0 atom stereocenters. The van der Waals surface area contributed by atoms with Gasteiger partial charge < -0.3 is 20.1 Å². The zero-order chi connectivity index (χ0) is 18.4. The van der Waals surface area contributed by atoms with E-state index in [2.05, 4.69) is 57.0 Å². The molecule has 134 valence electrons. The van der Waals surface area contributed by atoms with Gasteiger partial charge in [-0.3, -0.25) is 0 Å². The van der Waals surface area contributed by atoms with Crippen molar-refractivity contribution in [1.82, 2.24) is 15.2 Å². The van der Waals surface area contributed by atoms with Crippen LogP contribution in [0.25, 0.3) is 0 Å². The average Bonchev–Trinajstić information content (AvgIpc) is 2.68. The van der Waals surface area contributed by atoms with E-state index < -0.39 is 0 Å². The third-order valence-electron chi connectivity index (χ3n) is 3.80. The molecule has 2 N–H and O–H groups in total. The van der Waals surface area contributed by atoms with E-state index in [-0.39, 0.29) is 0 Å². The Morgan fingerprint density at radius 2 is 1.81 bits per heavy atom. The third kappa shape index (κ3) is 4.38. The van der Waals surface area contributed by atoms with Crippen LogP contribution >= 0.6 is 0 Å². The lowest BCUT2D eigenvalue weighted by Gasteiger charge is -2.12. The van der Waals surface area contributed by atoms with Crippen molar-refractivity contribution in [2.75, 3.05) is 24.9 Å². The van der Waals surface area contributed by atoms with Crippen LogP contribution in [0.4, 0.5) is 17.5 Å². The number of aryl methyl sites for hydroxylation is 1. The number of hydrogen-bond acceptors (Lipinski definition) is 7. The van der Waals surface area contributed by atoms with Gasteiger partial charge in [0.1, 0.15) is 11.5 Å². The predicted octanol–water partition coefficient (Wildman–Crippen LogP) is 3.55. The third-order valence-corrected chi connectivity index (χ3v) is 3.80. The van der Waals surface area contributed by atoms with Crippen molar-refractivity contribution in [1.29, 1.82) is 0 Å². The Morgan fingerprint density at radius 3 is 2.54 bits per heavy atom. The molecule has 0 spiro atoms. The van der Waals surface area contributed by atoms with Crippen LogP contribution in [0.5, 0.6) is 11.5 Å². The van der Waals surface area contributed by atoms with Crippen LogP contribution in [0.1, 0.15) is 11.1 Å². The average molecular weight is 351 g/mol. The minimum Gasteiger partial charge on any atom is -0.497 e. The number of benzene rings is 2. The first kappa shape index (κ1) is 17.5. The summed E-state index contributed by atoms with van der Waals surface area (Å²) in [6.07, 6.45) is 1.55. The van der Waals surface area contributed by atoms with E-state index in [1.165, 1.54) is 5.56 Å². The Balaban J connectivity index is 1.72. The van der Waals surface area contributed by atoms with Crippen molar-refractivity contribution in [3.63, 3.8) is 0 Å². The lowest BCUT2D eigenvalue weighted by atomic mass is 10.1. The fourth-order valence-corrected chi connectivity index (χ4v) is 2.38. The van der Waals surface area contributed by atoms with Gasteiger partial charge in [-0.15, -0.1) is 5.10 Å². The van der Waals surface area contributed by atoms with Gasteiger partial charge in [0.25, 0.3) is 0 Å². The second kappa shape index (κ2) is 8.15. The second-order valence-corrected chi connectivity index (χ2v) is 5.70. The van der Waals surface area contributed by atoms with Crippen molar-refractivity contribution in [2.45, 2.75) is 13.5 Å². The van der Waals surface area contributed by atoms with Gasteiger partial charge in [-0.1, -0.05) is 29.8 Å². The summed E-state index contributed by atoms with van der Waals surface area (Å²) in [6.45, 7) is 2.68. The minimum atomic E-state index is 0.442. The van der Waals surface area contributed by atoms with Crippen molar-refractivity contribution >= 4 is 17.5 Å². The maximum absolute atomic E-state index is 5.36. The zero-order valence-corrected chi connectivity index (χ0v) is 15.0. The number of hydrogen-bond donors (Lipinski definition) is 2. The summed E-state index contributed by atoms with van der Waals surface area (Å²) in [5.74, 6) is 2.39. The molecule has 3 aromatic rings. The first-order chi connectivity index (χ1) is 12.7. The molecular weight excluding hydrogens is 330 g/mol. The van der Waals surface area contributed by atoms with Crippen LogP contribution in [-0.4, -0.2) is 29.4 Å². The van der Waals surface area contributed by atoms with Crippen molar-refractivity contribution in [3.8, 4) is 11.5 Å². The summed E-state index contributed by atoms with van der Waals surface area (Å²) < 4.78 is 10.6.